The smallest absolute Gasteiger partial charge is 0.310 e. The molecule has 0 saturated carbocycles. The summed E-state index contributed by atoms with van der Waals surface area (Å²) in [7, 11) is 0. The predicted octanol–water partition coefficient (Wildman–Crippen LogP) is 2.80. The molecule has 0 bridgehead atoms. The average molecular weight is 249 g/mol. The summed E-state index contributed by atoms with van der Waals surface area (Å²) in [5.41, 5.74) is 0.570. The lowest BCUT2D eigenvalue weighted by Gasteiger charge is -2.05. The van der Waals surface area contributed by atoms with Gasteiger partial charge in [-0.05, 0) is 24.6 Å². The van der Waals surface area contributed by atoms with Gasteiger partial charge in [-0.2, -0.15) is 0 Å². The SMILES string of the molecule is CCOC(=O)Cc1cc(O)c(Cl)c(Cl)c1. The van der Waals surface area contributed by atoms with E-state index in [1.54, 1.807) is 6.92 Å². The highest BCUT2D eigenvalue weighted by molar-refractivity contribution is 6.42. The van der Waals surface area contributed by atoms with Crippen LogP contribution in [0.15, 0.2) is 12.1 Å². The molecule has 3 nitrogen and oxygen atoms in total. The molecule has 0 heterocycles. The van der Waals surface area contributed by atoms with Gasteiger partial charge in [-0.1, -0.05) is 23.2 Å². The van der Waals surface area contributed by atoms with E-state index >= 15 is 0 Å². The van der Waals surface area contributed by atoms with E-state index in [9.17, 15) is 9.90 Å². The first kappa shape index (κ1) is 12.1. The number of carbonyl (C=O) groups excluding carboxylic acids is 1. The van der Waals surface area contributed by atoms with Crippen molar-refractivity contribution in [3.63, 3.8) is 0 Å². The van der Waals surface area contributed by atoms with Crippen molar-refractivity contribution in [3.05, 3.63) is 27.7 Å². The van der Waals surface area contributed by atoms with Gasteiger partial charge in [0.05, 0.1) is 18.1 Å². The molecule has 0 atom stereocenters. The van der Waals surface area contributed by atoms with Crippen LogP contribution < -0.4 is 0 Å². The molecule has 0 fully saturated rings. The fourth-order valence-corrected chi connectivity index (χ4v) is 1.46. The Morgan fingerprint density at radius 1 is 1.47 bits per heavy atom. The Bertz CT molecular complexity index is 354. The third-order valence-corrected chi connectivity index (χ3v) is 2.51. The molecule has 1 rings (SSSR count). The zero-order valence-electron chi connectivity index (χ0n) is 8.09. The fourth-order valence-electron chi connectivity index (χ4n) is 1.11. The minimum atomic E-state index is -0.365. The Morgan fingerprint density at radius 2 is 2.13 bits per heavy atom. The van der Waals surface area contributed by atoms with Crippen LogP contribution in [0.1, 0.15) is 12.5 Å². The van der Waals surface area contributed by atoms with Crippen LogP contribution in [0.25, 0.3) is 0 Å². The number of esters is 1. The van der Waals surface area contributed by atoms with E-state index in [0.717, 1.165) is 0 Å². The lowest BCUT2D eigenvalue weighted by molar-refractivity contribution is -0.142. The number of halogens is 2. The summed E-state index contributed by atoms with van der Waals surface area (Å²) >= 11 is 11.4. The van der Waals surface area contributed by atoms with Gasteiger partial charge in [0, 0.05) is 0 Å². The molecule has 5 heteroatoms. The summed E-state index contributed by atoms with van der Waals surface area (Å²) in [5.74, 6) is -0.501. The van der Waals surface area contributed by atoms with Crippen LogP contribution in [0, 0.1) is 0 Å². The molecule has 0 unspecified atom stereocenters. The topological polar surface area (TPSA) is 46.5 Å². The molecule has 1 aromatic rings. The summed E-state index contributed by atoms with van der Waals surface area (Å²) < 4.78 is 4.76. The zero-order valence-corrected chi connectivity index (χ0v) is 9.60. The van der Waals surface area contributed by atoms with Crippen molar-refractivity contribution in [2.75, 3.05) is 6.61 Å². The Hall–Kier alpha value is -0.930. The van der Waals surface area contributed by atoms with Gasteiger partial charge in [-0.3, -0.25) is 4.79 Å². The first-order valence-corrected chi connectivity index (χ1v) is 5.12. The first-order chi connectivity index (χ1) is 7.04. The van der Waals surface area contributed by atoms with Crippen LogP contribution in [0.2, 0.25) is 10.0 Å². The third-order valence-electron chi connectivity index (χ3n) is 1.72. The Morgan fingerprint density at radius 3 is 2.67 bits per heavy atom. The number of ether oxygens (including phenoxy) is 1. The van der Waals surface area contributed by atoms with Gasteiger partial charge < -0.3 is 9.84 Å². The Labute approximate surface area is 97.6 Å². The number of carbonyl (C=O) groups is 1. The van der Waals surface area contributed by atoms with Crippen LogP contribution >= 0.6 is 23.2 Å². The van der Waals surface area contributed by atoms with Crippen molar-refractivity contribution >= 4 is 29.2 Å². The fraction of sp³-hybridized carbons (Fsp3) is 0.300. The van der Waals surface area contributed by atoms with E-state index in [-0.39, 0.29) is 28.2 Å². The molecule has 15 heavy (non-hydrogen) atoms. The van der Waals surface area contributed by atoms with E-state index in [1.807, 2.05) is 0 Å². The molecule has 0 aliphatic carbocycles. The summed E-state index contributed by atoms with van der Waals surface area (Å²) in [6, 6.07) is 2.92. The molecule has 1 aromatic carbocycles. The molecule has 82 valence electrons. The van der Waals surface area contributed by atoms with Crippen LogP contribution in [0.3, 0.4) is 0 Å². The van der Waals surface area contributed by atoms with Crippen molar-refractivity contribution in [2.24, 2.45) is 0 Å². The van der Waals surface area contributed by atoms with Gasteiger partial charge in [0.25, 0.3) is 0 Å². The van der Waals surface area contributed by atoms with E-state index in [1.165, 1.54) is 12.1 Å². The van der Waals surface area contributed by atoms with E-state index < -0.39 is 0 Å². The van der Waals surface area contributed by atoms with Gasteiger partial charge in [0.1, 0.15) is 10.8 Å². The second-order valence-electron chi connectivity index (χ2n) is 2.89. The van der Waals surface area contributed by atoms with Gasteiger partial charge >= 0.3 is 5.97 Å². The van der Waals surface area contributed by atoms with Crippen molar-refractivity contribution < 1.29 is 14.6 Å². The predicted molar refractivity (Wildman–Crippen MR) is 58.5 cm³/mol. The van der Waals surface area contributed by atoms with Crippen LogP contribution in [-0.4, -0.2) is 17.7 Å². The molecule has 0 aliphatic heterocycles. The highest BCUT2D eigenvalue weighted by Crippen LogP contribution is 2.32. The van der Waals surface area contributed by atoms with Gasteiger partial charge in [-0.25, -0.2) is 0 Å². The largest absolute Gasteiger partial charge is 0.506 e. The van der Waals surface area contributed by atoms with Gasteiger partial charge in [0.2, 0.25) is 0 Å². The molecular weight excluding hydrogens is 239 g/mol. The minimum Gasteiger partial charge on any atom is -0.506 e. The molecule has 0 aliphatic rings. The van der Waals surface area contributed by atoms with Gasteiger partial charge in [0.15, 0.2) is 0 Å². The number of phenolic OH excluding ortho intramolecular Hbond substituents is 1. The molecule has 0 saturated heterocycles. The van der Waals surface area contributed by atoms with Crippen molar-refractivity contribution in [2.45, 2.75) is 13.3 Å². The standard InChI is InChI=1S/C10H10Cl2O3/c1-2-15-9(14)5-6-3-7(11)10(12)8(13)4-6/h3-4,13H,2,5H2,1H3. The number of benzene rings is 1. The summed E-state index contributed by atoms with van der Waals surface area (Å²) in [5, 5.41) is 9.66. The maximum atomic E-state index is 11.1. The second-order valence-corrected chi connectivity index (χ2v) is 3.68. The summed E-state index contributed by atoms with van der Waals surface area (Å²) in [6.45, 7) is 2.05. The summed E-state index contributed by atoms with van der Waals surface area (Å²) in [4.78, 5) is 11.1. The van der Waals surface area contributed by atoms with Crippen LogP contribution in [0.5, 0.6) is 5.75 Å². The molecule has 0 radical (unpaired) electrons. The van der Waals surface area contributed by atoms with Gasteiger partial charge in [-0.15, -0.1) is 0 Å². The molecule has 0 amide bonds. The lowest BCUT2D eigenvalue weighted by atomic mass is 10.1. The quantitative estimate of drug-likeness (QED) is 0.838. The second kappa shape index (κ2) is 5.24. The normalized spacial score (nSPS) is 10.1. The van der Waals surface area contributed by atoms with E-state index in [0.29, 0.717) is 12.2 Å². The lowest BCUT2D eigenvalue weighted by Crippen LogP contribution is -2.07. The Kier molecular flexibility index (Phi) is 4.24. The maximum absolute atomic E-state index is 11.1. The van der Waals surface area contributed by atoms with E-state index in [4.69, 9.17) is 27.9 Å². The Balaban J connectivity index is 2.83. The van der Waals surface area contributed by atoms with E-state index in [2.05, 4.69) is 0 Å². The maximum Gasteiger partial charge on any atom is 0.310 e. The zero-order chi connectivity index (χ0) is 11.4. The number of rotatable bonds is 3. The minimum absolute atomic E-state index is 0.0677. The number of hydrogen-bond donors (Lipinski definition) is 1. The molecule has 0 spiro atoms. The number of phenols is 1. The molecule has 0 aromatic heterocycles. The first-order valence-electron chi connectivity index (χ1n) is 4.37. The van der Waals surface area contributed by atoms with Crippen LogP contribution in [-0.2, 0) is 16.0 Å². The number of hydrogen-bond acceptors (Lipinski definition) is 3. The summed E-state index contributed by atoms with van der Waals surface area (Å²) in [6.07, 6.45) is 0.0677. The number of aromatic hydroxyl groups is 1. The van der Waals surface area contributed by atoms with Crippen molar-refractivity contribution in [3.8, 4) is 5.75 Å². The van der Waals surface area contributed by atoms with Crippen LogP contribution in [0.4, 0.5) is 0 Å². The molecular formula is C10H10Cl2O3. The highest BCUT2D eigenvalue weighted by atomic mass is 35.5. The monoisotopic (exact) mass is 248 g/mol. The molecule has 1 N–H and O–H groups in total. The third kappa shape index (κ3) is 3.29. The average Bonchev–Trinajstić information content (AvgIpc) is 2.14. The highest BCUT2D eigenvalue weighted by Gasteiger charge is 2.10. The van der Waals surface area contributed by atoms with Crippen molar-refractivity contribution in [1.82, 2.24) is 0 Å². The van der Waals surface area contributed by atoms with Crippen molar-refractivity contribution in [1.29, 1.82) is 0 Å².